The first-order valence-corrected chi connectivity index (χ1v) is 8.32. The molecule has 1 aromatic heterocycles. The highest BCUT2D eigenvalue weighted by Gasteiger charge is 2.18. The number of anilines is 2. The third-order valence-corrected chi connectivity index (χ3v) is 4.04. The number of aromatic nitrogens is 2. The lowest BCUT2D eigenvalue weighted by Crippen LogP contribution is -2.31. The quantitative estimate of drug-likeness (QED) is 0.884. The van der Waals surface area contributed by atoms with Gasteiger partial charge in [0.25, 0.3) is 5.91 Å². The molecule has 24 heavy (non-hydrogen) atoms. The van der Waals surface area contributed by atoms with E-state index >= 15 is 0 Å². The van der Waals surface area contributed by atoms with Crippen LogP contribution in [0.15, 0.2) is 42.7 Å². The summed E-state index contributed by atoms with van der Waals surface area (Å²) in [6.07, 6.45) is 5.53. The normalized spacial score (nSPS) is 16.8. The van der Waals surface area contributed by atoms with E-state index in [1.165, 1.54) is 6.20 Å². The van der Waals surface area contributed by atoms with E-state index in [4.69, 9.17) is 4.74 Å². The van der Waals surface area contributed by atoms with Crippen molar-refractivity contribution in [2.24, 2.45) is 0 Å². The maximum absolute atomic E-state index is 12.6. The molecule has 1 aliphatic heterocycles. The number of para-hydroxylation sites is 1. The molecule has 0 saturated carbocycles. The van der Waals surface area contributed by atoms with Gasteiger partial charge in [0.15, 0.2) is 0 Å². The molecule has 0 spiro atoms. The summed E-state index contributed by atoms with van der Waals surface area (Å²) in [4.78, 5) is 22.9. The molecular formula is C18H22N4O2. The van der Waals surface area contributed by atoms with Gasteiger partial charge in [0.1, 0.15) is 11.5 Å². The predicted molar refractivity (Wildman–Crippen MR) is 93.3 cm³/mol. The zero-order valence-corrected chi connectivity index (χ0v) is 13.8. The van der Waals surface area contributed by atoms with Crippen LogP contribution < -0.4 is 10.2 Å². The minimum Gasteiger partial charge on any atom is -0.376 e. The molecule has 1 amide bonds. The molecule has 1 fully saturated rings. The van der Waals surface area contributed by atoms with Crippen molar-refractivity contribution in [2.75, 3.05) is 29.9 Å². The van der Waals surface area contributed by atoms with E-state index in [0.29, 0.717) is 24.6 Å². The van der Waals surface area contributed by atoms with Gasteiger partial charge in [-0.15, -0.1) is 0 Å². The number of hydrogen-bond acceptors (Lipinski definition) is 5. The topological polar surface area (TPSA) is 67.4 Å². The number of hydrogen-bond donors (Lipinski definition) is 1. The second-order valence-corrected chi connectivity index (χ2v) is 5.69. The Bertz CT molecular complexity index is 654. The van der Waals surface area contributed by atoms with Crippen LogP contribution in [-0.2, 0) is 4.74 Å². The highest BCUT2D eigenvalue weighted by molar-refractivity contribution is 6.04. The second kappa shape index (κ2) is 7.88. The second-order valence-electron chi connectivity index (χ2n) is 5.69. The van der Waals surface area contributed by atoms with Gasteiger partial charge in [-0.1, -0.05) is 18.2 Å². The van der Waals surface area contributed by atoms with E-state index < -0.39 is 0 Å². The summed E-state index contributed by atoms with van der Waals surface area (Å²) in [7, 11) is 0. The molecule has 126 valence electrons. The van der Waals surface area contributed by atoms with Gasteiger partial charge in [-0.3, -0.25) is 4.79 Å². The lowest BCUT2D eigenvalue weighted by Gasteiger charge is -2.20. The van der Waals surface area contributed by atoms with Gasteiger partial charge in [-0.2, -0.15) is 0 Å². The Labute approximate surface area is 141 Å². The Morgan fingerprint density at radius 2 is 2.12 bits per heavy atom. The average molecular weight is 326 g/mol. The van der Waals surface area contributed by atoms with Gasteiger partial charge in [-0.05, 0) is 31.9 Å². The van der Waals surface area contributed by atoms with Crippen molar-refractivity contribution in [3.8, 4) is 0 Å². The summed E-state index contributed by atoms with van der Waals surface area (Å²) >= 11 is 0. The molecule has 6 heteroatoms. The lowest BCUT2D eigenvalue weighted by molar-refractivity contribution is 0.0983. The van der Waals surface area contributed by atoms with Crippen molar-refractivity contribution in [1.29, 1.82) is 0 Å². The Balaban J connectivity index is 1.64. The summed E-state index contributed by atoms with van der Waals surface area (Å²) < 4.78 is 5.56. The molecule has 1 atom stereocenters. The Hall–Kier alpha value is -2.47. The number of amides is 1. The van der Waals surface area contributed by atoms with Crippen molar-refractivity contribution >= 4 is 17.4 Å². The van der Waals surface area contributed by atoms with Crippen molar-refractivity contribution in [1.82, 2.24) is 9.97 Å². The number of benzene rings is 1. The van der Waals surface area contributed by atoms with E-state index in [1.54, 1.807) is 11.1 Å². The minimum absolute atomic E-state index is 0.151. The summed E-state index contributed by atoms with van der Waals surface area (Å²) in [5, 5.41) is 3.20. The Kier molecular flexibility index (Phi) is 5.38. The summed E-state index contributed by atoms with van der Waals surface area (Å²) in [5.41, 5.74) is 1.19. The molecule has 0 aliphatic carbocycles. The molecule has 1 aliphatic rings. The number of ether oxygens (including phenoxy) is 1. The first-order chi connectivity index (χ1) is 11.8. The fourth-order valence-corrected chi connectivity index (χ4v) is 2.74. The van der Waals surface area contributed by atoms with Crippen molar-refractivity contribution in [3.05, 3.63) is 48.4 Å². The van der Waals surface area contributed by atoms with Gasteiger partial charge in [0, 0.05) is 25.4 Å². The number of carbonyl (C=O) groups is 1. The Morgan fingerprint density at radius 1 is 1.29 bits per heavy atom. The third kappa shape index (κ3) is 3.89. The average Bonchev–Trinajstić information content (AvgIpc) is 3.15. The van der Waals surface area contributed by atoms with Gasteiger partial charge in [0.05, 0.1) is 18.5 Å². The van der Waals surface area contributed by atoms with E-state index in [0.717, 1.165) is 25.1 Å². The van der Waals surface area contributed by atoms with Crippen molar-refractivity contribution < 1.29 is 9.53 Å². The van der Waals surface area contributed by atoms with Crippen LogP contribution in [-0.4, -0.2) is 41.7 Å². The van der Waals surface area contributed by atoms with Crippen LogP contribution >= 0.6 is 0 Å². The minimum atomic E-state index is -0.151. The first kappa shape index (κ1) is 16.4. The van der Waals surface area contributed by atoms with Gasteiger partial charge >= 0.3 is 0 Å². The molecule has 1 N–H and O–H groups in total. The summed E-state index contributed by atoms with van der Waals surface area (Å²) in [5.74, 6) is 0.506. The molecule has 1 aromatic carbocycles. The van der Waals surface area contributed by atoms with E-state index in [2.05, 4.69) is 15.3 Å². The number of nitrogens with zero attached hydrogens (tertiary/aromatic N) is 3. The predicted octanol–water partition coefficient (Wildman–Crippen LogP) is 2.73. The largest absolute Gasteiger partial charge is 0.376 e. The molecule has 1 unspecified atom stereocenters. The maximum Gasteiger partial charge on any atom is 0.278 e. The van der Waals surface area contributed by atoms with Crippen molar-refractivity contribution in [2.45, 2.75) is 25.9 Å². The standard InChI is InChI=1S/C18H22N4O2/c1-2-22(14-7-4-3-5-8-14)18(23)16-12-21-17(13-19-16)20-11-15-9-6-10-24-15/h3-5,7-8,12-13,15H,2,6,9-11H2,1H3,(H,20,21). The van der Waals surface area contributed by atoms with Gasteiger partial charge in [0.2, 0.25) is 0 Å². The van der Waals surface area contributed by atoms with Crippen LogP contribution in [0, 0.1) is 0 Å². The van der Waals surface area contributed by atoms with Crippen LogP contribution in [0.2, 0.25) is 0 Å². The molecule has 6 nitrogen and oxygen atoms in total. The zero-order valence-electron chi connectivity index (χ0n) is 13.8. The summed E-state index contributed by atoms with van der Waals surface area (Å²) in [6.45, 7) is 4.06. The van der Waals surface area contributed by atoms with E-state index in [9.17, 15) is 4.79 Å². The van der Waals surface area contributed by atoms with E-state index in [-0.39, 0.29) is 12.0 Å². The van der Waals surface area contributed by atoms with E-state index in [1.807, 2.05) is 37.3 Å². The molecule has 3 rings (SSSR count). The Morgan fingerprint density at radius 3 is 2.75 bits per heavy atom. The lowest BCUT2D eigenvalue weighted by atomic mass is 10.2. The summed E-state index contributed by atoms with van der Waals surface area (Å²) in [6, 6.07) is 9.57. The molecule has 2 aromatic rings. The molecule has 0 radical (unpaired) electrons. The highest BCUT2D eigenvalue weighted by Crippen LogP contribution is 2.16. The molecular weight excluding hydrogens is 304 g/mol. The molecule has 1 saturated heterocycles. The fourth-order valence-electron chi connectivity index (χ4n) is 2.74. The van der Waals surface area contributed by atoms with Crippen LogP contribution in [0.1, 0.15) is 30.3 Å². The van der Waals surface area contributed by atoms with Crippen LogP contribution in [0.5, 0.6) is 0 Å². The first-order valence-electron chi connectivity index (χ1n) is 8.32. The van der Waals surface area contributed by atoms with Crippen LogP contribution in [0.25, 0.3) is 0 Å². The smallest absolute Gasteiger partial charge is 0.278 e. The van der Waals surface area contributed by atoms with Crippen LogP contribution in [0.4, 0.5) is 11.5 Å². The maximum atomic E-state index is 12.6. The number of carbonyl (C=O) groups excluding carboxylic acids is 1. The molecule has 2 heterocycles. The highest BCUT2D eigenvalue weighted by atomic mass is 16.5. The fraction of sp³-hybridized carbons (Fsp3) is 0.389. The van der Waals surface area contributed by atoms with Gasteiger partial charge < -0.3 is 15.0 Å². The monoisotopic (exact) mass is 326 g/mol. The molecule has 0 bridgehead atoms. The number of nitrogens with one attached hydrogen (secondary N) is 1. The number of rotatable bonds is 6. The zero-order chi connectivity index (χ0) is 16.8. The SMILES string of the molecule is CCN(C(=O)c1cnc(NCC2CCCO2)cn1)c1ccccc1. The third-order valence-electron chi connectivity index (χ3n) is 4.04. The van der Waals surface area contributed by atoms with Gasteiger partial charge in [-0.25, -0.2) is 9.97 Å². The van der Waals surface area contributed by atoms with Crippen molar-refractivity contribution in [3.63, 3.8) is 0 Å². The van der Waals surface area contributed by atoms with Crippen LogP contribution in [0.3, 0.4) is 0 Å².